The molecule has 6 nitrogen and oxygen atoms in total. The minimum atomic E-state index is -1.15. The average Bonchev–Trinajstić information content (AvgIpc) is 2.46. The number of ketones is 2. The van der Waals surface area contributed by atoms with Crippen molar-refractivity contribution in [1.29, 1.82) is 10.5 Å². The highest BCUT2D eigenvalue weighted by Gasteiger charge is 2.26. The number of aliphatic carboxylic acids is 1. The van der Waals surface area contributed by atoms with Gasteiger partial charge < -0.3 is 5.11 Å². The molecule has 1 unspecified atom stereocenters. The van der Waals surface area contributed by atoms with E-state index in [0.29, 0.717) is 5.56 Å². The molecule has 0 saturated carbocycles. The quantitative estimate of drug-likeness (QED) is 0.652. The van der Waals surface area contributed by atoms with Gasteiger partial charge in [-0.05, 0) is 6.92 Å². The van der Waals surface area contributed by atoms with Gasteiger partial charge in [0.15, 0.2) is 5.78 Å². The number of carboxylic acids is 1. The number of hydrogen-bond acceptors (Lipinski definition) is 5. The predicted molar refractivity (Wildman–Crippen MR) is 73.0 cm³/mol. The van der Waals surface area contributed by atoms with Gasteiger partial charge in [0.05, 0.1) is 24.5 Å². The topological polar surface area (TPSA) is 119 Å². The molecule has 0 spiro atoms. The SMILES string of the molecule is CC(=O)C(CC(=O)O)C(=O)c1ccccc1.N#CCC#N. The van der Waals surface area contributed by atoms with Gasteiger partial charge in [-0.1, -0.05) is 30.3 Å². The molecule has 1 atom stereocenters. The molecule has 108 valence electrons. The molecule has 0 aliphatic heterocycles. The van der Waals surface area contributed by atoms with Crippen LogP contribution in [0.25, 0.3) is 0 Å². The van der Waals surface area contributed by atoms with E-state index in [4.69, 9.17) is 15.6 Å². The van der Waals surface area contributed by atoms with Gasteiger partial charge in [-0.2, -0.15) is 10.5 Å². The summed E-state index contributed by atoms with van der Waals surface area (Å²) in [5, 5.41) is 23.8. The van der Waals surface area contributed by atoms with Crippen LogP contribution in [-0.4, -0.2) is 22.6 Å². The Balaban J connectivity index is 0.000000690. The van der Waals surface area contributed by atoms with Crippen LogP contribution in [0.2, 0.25) is 0 Å². The summed E-state index contributed by atoms with van der Waals surface area (Å²) < 4.78 is 0. The van der Waals surface area contributed by atoms with Crippen LogP contribution in [0.3, 0.4) is 0 Å². The number of hydrogen-bond donors (Lipinski definition) is 1. The van der Waals surface area contributed by atoms with Crippen molar-refractivity contribution in [3.8, 4) is 12.1 Å². The smallest absolute Gasteiger partial charge is 0.304 e. The Bertz CT molecular complexity index is 570. The summed E-state index contributed by atoms with van der Waals surface area (Å²) in [6.45, 7) is 1.23. The number of nitriles is 2. The van der Waals surface area contributed by atoms with Crippen molar-refractivity contribution < 1.29 is 19.5 Å². The third-order valence-corrected chi connectivity index (χ3v) is 2.40. The van der Waals surface area contributed by atoms with Crippen molar-refractivity contribution in [2.45, 2.75) is 19.8 Å². The highest BCUT2D eigenvalue weighted by atomic mass is 16.4. The summed E-state index contributed by atoms with van der Waals surface area (Å²) in [4.78, 5) is 33.6. The van der Waals surface area contributed by atoms with Crippen molar-refractivity contribution >= 4 is 17.5 Å². The van der Waals surface area contributed by atoms with Crippen LogP contribution >= 0.6 is 0 Å². The second-order valence-electron chi connectivity index (χ2n) is 3.98. The van der Waals surface area contributed by atoms with Gasteiger partial charge in [-0.15, -0.1) is 0 Å². The molecule has 1 aromatic rings. The first-order chi connectivity index (χ1) is 9.93. The second-order valence-corrected chi connectivity index (χ2v) is 3.98. The van der Waals surface area contributed by atoms with Gasteiger partial charge >= 0.3 is 5.97 Å². The lowest BCUT2D eigenvalue weighted by Crippen LogP contribution is -2.25. The monoisotopic (exact) mass is 286 g/mol. The fourth-order valence-corrected chi connectivity index (χ4v) is 1.43. The Morgan fingerprint density at radius 3 is 2.00 bits per heavy atom. The highest BCUT2D eigenvalue weighted by Crippen LogP contribution is 2.13. The van der Waals surface area contributed by atoms with Gasteiger partial charge in [0, 0.05) is 5.56 Å². The second kappa shape index (κ2) is 9.88. The van der Waals surface area contributed by atoms with Crippen LogP contribution in [0.4, 0.5) is 0 Å². The molecule has 6 heteroatoms. The van der Waals surface area contributed by atoms with Crippen LogP contribution in [-0.2, 0) is 9.59 Å². The molecule has 0 aliphatic carbocycles. The lowest BCUT2D eigenvalue weighted by atomic mass is 9.91. The zero-order valence-corrected chi connectivity index (χ0v) is 11.4. The molecule has 0 radical (unpaired) electrons. The molecular formula is C15H14N2O4. The Morgan fingerprint density at radius 2 is 1.67 bits per heavy atom. The normalized spacial score (nSPS) is 10.0. The fourth-order valence-electron chi connectivity index (χ4n) is 1.43. The van der Waals surface area contributed by atoms with Crippen LogP contribution in [0.5, 0.6) is 0 Å². The lowest BCUT2D eigenvalue weighted by molar-refractivity contribution is -0.139. The van der Waals surface area contributed by atoms with Crippen LogP contribution in [0, 0.1) is 28.6 Å². The first-order valence-corrected chi connectivity index (χ1v) is 5.99. The standard InChI is InChI=1S/C12H12O4.C3H2N2/c1-8(13)10(7-11(14)15)12(16)9-5-3-2-4-6-9;4-2-1-3-5/h2-6,10H,7H2,1H3,(H,14,15);1H2. The molecule has 1 N–H and O–H groups in total. The Hall–Kier alpha value is -2.99. The van der Waals surface area contributed by atoms with E-state index in [0.717, 1.165) is 0 Å². The molecule has 0 aliphatic rings. The van der Waals surface area contributed by atoms with Gasteiger partial charge in [0.25, 0.3) is 0 Å². The van der Waals surface area contributed by atoms with Crippen LogP contribution in [0.1, 0.15) is 30.1 Å². The summed E-state index contributed by atoms with van der Waals surface area (Å²) in [5.41, 5.74) is 0.365. The fraction of sp³-hybridized carbons (Fsp3) is 0.267. The largest absolute Gasteiger partial charge is 0.481 e. The Labute approximate surface area is 122 Å². The molecule has 0 heterocycles. The van der Waals surface area contributed by atoms with Gasteiger partial charge in [-0.3, -0.25) is 14.4 Å². The molecule has 1 aromatic carbocycles. The number of rotatable bonds is 5. The van der Waals surface area contributed by atoms with E-state index in [-0.39, 0.29) is 6.42 Å². The van der Waals surface area contributed by atoms with Crippen molar-refractivity contribution in [3.63, 3.8) is 0 Å². The summed E-state index contributed by atoms with van der Waals surface area (Å²) in [5.74, 6) is -3.09. The third kappa shape index (κ3) is 7.24. The third-order valence-electron chi connectivity index (χ3n) is 2.40. The zero-order valence-electron chi connectivity index (χ0n) is 11.4. The lowest BCUT2D eigenvalue weighted by Gasteiger charge is -2.09. The van der Waals surface area contributed by atoms with Crippen LogP contribution in [0.15, 0.2) is 30.3 Å². The molecule has 0 fully saturated rings. The first kappa shape index (κ1) is 18.0. The molecular weight excluding hydrogens is 272 g/mol. The number of carboxylic acid groups (broad SMARTS) is 1. The van der Waals surface area contributed by atoms with E-state index >= 15 is 0 Å². The number of nitrogens with zero attached hydrogens (tertiary/aromatic N) is 2. The van der Waals surface area contributed by atoms with E-state index in [1.807, 2.05) is 0 Å². The van der Waals surface area contributed by atoms with E-state index < -0.39 is 29.9 Å². The molecule has 0 bridgehead atoms. The molecule has 1 rings (SSSR count). The maximum atomic E-state index is 11.8. The number of benzene rings is 1. The highest BCUT2D eigenvalue weighted by molar-refractivity contribution is 6.11. The summed E-state index contributed by atoms with van der Waals surface area (Å²) in [7, 11) is 0. The number of carbonyl (C=O) groups is 3. The maximum absolute atomic E-state index is 11.8. The molecule has 0 amide bonds. The minimum absolute atomic E-state index is 0. The van der Waals surface area contributed by atoms with Gasteiger partial charge in [0.2, 0.25) is 0 Å². The van der Waals surface area contributed by atoms with Gasteiger partial charge in [-0.25, -0.2) is 0 Å². The molecule has 0 aromatic heterocycles. The van der Waals surface area contributed by atoms with Crippen molar-refractivity contribution in [1.82, 2.24) is 0 Å². The summed E-state index contributed by atoms with van der Waals surface area (Å²) in [6, 6.07) is 11.5. The van der Waals surface area contributed by atoms with Crippen LogP contribution < -0.4 is 0 Å². The van der Waals surface area contributed by atoms with E-state index in [1.54, 1.807) is 42.5 Å². The van der Waals surface area contributed by atoms with Crippen molar-refractivity contribution in [3.05, 3.63) is 35.9 Å². The van der Waals surface area contributed by atoms with E-state index in [2.05, 4.69) is 0 Å². The molecule has 21 heavy (non-hydrogen) atoms. The van der Waals surface area contributed by atoms with Crippen molar-refractivity contribution in [2.75, 3.05) is 0 Å². The number of carbonyl (C=O) groups excluding carboxylic acids is 2. The van der Waals surface area contributed by atoms with Gasteiger partial charge in [0.1, 0.15) is 12.2 Å². The maximum Gasteiger partial charge on any atom is 0.304 e. The van der Waals surface area contributed by atoms with E-state index in [9.17, 15) is 14.4 Å². The van der Waals surface area contributed by atoms with E-state index in [1.165, 1.54) is 6.92 Å². The van der Waals surface area contributed by atoms with Crippen molar-refractivity contribution in [2.24, 2.45) is 5.92 Å². The Kier molecular flexibility index (Phi) is 8.47. The average molecular weight is 286 g/mol. The summed E-state index contributed by atoms with van der Waals surface area (Å²) in [6.07, 6.45) is -0.455. The number of Topliss-reactive ketones (excluding diaryl/α,β-unsaturated/α-hetero) is 2. The molecule has 0 saturated heterocycles. The minimum Gasteiger partial charge on any atom is -0.481 e. The predicted octanol–water partition coefficient (Wildman–Crippen LogP) is 1.97. The Morgan fingerprint density at radius 1 is 1.14 bits per heavy atom. The zero-order chi connectivity index (χ0) is 16.3. The first-order valence-electron chi connectivity index (χ1n) is 5.99. The summed E-state index contributed by atoms with van der Waals surface area (Å²) >= 11 is 0.